The molecule has 0 N–H and O–H groups in total. The summed E-state index contributed by atoms with van der Waals surface area (Å²) in [6.45, 7) is 16.6. The fourth-order valence-corrected chi connectivity index (χ4v) is 2.26. The van der Waals surface area contributed by atoms with E-state index in [9.17, 15) is 0 Å². The molecule has 1 unspecified atom stereocenters. The molecule has 0 heterocycles. The summed E-state index contributed by atoms with van der Waals surface area (Å²) >= 11 is 0. The summed E-state index contributed by atoms with van der Waals surface area (Å²) in [6, 6.07) is 8.52. The first kappa shape index (κ1) is 16.2. The van der Waals surface area contributed by atoms with Crippen molar-refractivity contribution in [1.82, 2.24) is 0 Å². The van der Waals surface area contributed by atoms with Crippen molar-refractivity contribution in [3.8, 4) is 0 Å². The summed E-state index contributed by atoms with van der Waals surface area (Å²) in [5.74, 6) is 0.448. The van der Waals surface area contributed by atoms with E-state index in [4.69, 9.17) is 0 Å². The van der Waals surface area contributed by atoms with Crippen LogP contribution in [0.5, 0.6) is 0 Å². The Morgan fingerprint density at radius 1 is 1.15 bits per heavy atom. The number of benzene rings is 1. The van der Waals surface area contributed by atoms with E-state index in [1.807, 2.05) is 6.08 Å². The Balaban J connectivity index is 2.98. The van der Waals surface area contributed by atoms with Gasteiger partial charge in [0.25, 0.3) is 0 Å². The predicted octanol–water partition coefficient (Wildman–Crippen LogP) is 5.98. The molecule has 1 aromatic rings. The minimum atomic E-state index is 0.448. The van der Waals surface area contributed by atoms with Crippen LogP contribution in [0.4, 0.5) is 0 Å². The van der Waals surface area contributed by atoms with Gasteiger partial charge in [0.15, 0.2) is 0 Å². The molecule has 20 heavy (non-hydrogen) atoms. The smallest absolute Gasteiger partial charge is 0.0150 e. The van der Waals surface area contributed by atoms with Crippen LogP contribution in [-0.2, 0) is 6.42 Å². The molecule has 0 spiro atoms. The third kappa shape index (κ3) is 4.70. The summed E-state index contributed by atoms with van der Waals surface area (Å²) in [4.78, 5) is 0. The highest BCUT2D eigenvalue weighted by Gasteiger charge is 2.10. The first-order valence-electron chi connectivity index (χ1n) is 7.17. The molecule has 0 saturated heterocycles. The van der Waals surface area contributed by atoms with Gasteiger partial charge in [0.1, 0.15) is 0 Å². The Hall–Kier alpha value is -1.82. The first-order chi connectivity index (χ1) is 9.45. The van der Waals surface area contributed by atoms with Crippen LogP contribution in [0.15, 0.2) is 66.8 Å². The molecular formula is C20H26. The fraction of sp³-hybridized carbons (Fsp3) is 0.300. The molecular weight excluding hydrogens is 240 g/mol. The fourth-order valence-electron chi connectivity index (χ4n) is 2.26. The van der Waals surface area contributed by atoms with E-state index in [0.29, 0.717) is 5.92 Å². The highest BCUT2D eigenvalue weighted by Crippen LogP contribution is 2.24. The molecule has 1 atom stereocenters. The van der Waals surface area contributed by atoms with Crippen LogP contribution >= 0.6 is 0 Å². The number of hydrogen-bond donors (Lipinski definition) is 0. The molecule has 0 aliphatic rings. The lowest BCUT2D eigenvalue weighted by Gasteiger charge is -2.16. The third-order valence-corrected chi connectivity index (χ3v) is 3.42. The Kier molecular flexibility index (Phi) is 6.24. The standard InChI is InChI=1S/C20H26/c1-7-18(13-12-15(2)3)17(6)14-19-10-8-9-11-20(19)16(4)5/h7-13,17H,1,4,14H2,2-3,5-6H3/b18-13+. The van der Waals surface area contributed by atoms with Gasteiger partial charge < -0.3 is 0 Å². The molecule has 1 rings (SSSR count). The van der Waals surface area contributed by atoms with Gasteiger partial charge in [0.05, 0.1) is 0 Å². The molecule has 1 aromatic carbocycles. The second-order valence-corrected chi connectivity index (χ2v) is 5.66. The van der Waals surface area contributed by atoms with Crippen LogP contribution in [0.2, 0.25) is 0 Å². The maximum Gasteiger partial charge on any atom is -0.0150 e. The minimum absolute atomic E-state index is 0.448. The van der Waals surface area contributed by atoms with Crippen molar-refractivity contribution < 1.29 is 0 Å². The topological polar surface area (TPSA) is 0 Å². The van der Waals surface area contributed by atoms with E-state index < -0.39 is 0 Å². The summed E-state index contributed by atoms with van der Waals surface area (Å²) in [5.41, 5.74) is 6.34. The molecule has 0 aliphatic heterocycles. The number of hydrogen-bond acceptors (Lipinski definition) is 0. The molecule has 0 aliphatic carbocycles. The van der Waals surface area contributed by atoms with Crippen molar-refractivity contribution >= 4 is 5.57 Å². The van der Waals surface area contributed by atoms with Crippen molar-refractivity contribution in [3.63, 3.8) is 0 Å². The zero-order chi connectivity index (χ0) is 15.1. The molecule has 0 nitrogen and oxygen atoms in total. The molecule has 0 bridgehead atoms. The van der Waals surface area contributed by atoms with E-state index in [-0.39, 0.29) is 0 Å². The minimum Gasteiger partial charge on any atom is -0.0988 e. The third-order valence-electron chi connectivity index (χ3n) is 3.42. The highest BCUT2D eigenvalue weighted by molar-refractivity contribution is 5.64. The lowest BCUT2D eigenvalue weighted by molar-refractivity contribution is 0.693. The summed E-state index contributed by atoms with van der Waals surface area (Å²) in [6.07, 6.45) is 7.31. The zero-order valence-electron chi connectivity index (χ0n) is 13.2. The van der Waals surface area contributed by atoms with Crippen LogP contribution in [-0.4, -0.2) is 0 Å². The zero-order valence-corrected chi connectivity index (χ0v) is 13.2. The van der Waals surface area contributed by atoms with Crippen LogP contribution in [0.25, 0.3) is 5.57 Å². The Bertz CT molecular complexity index is 537. The van der Waals surface area contributed by atoms with Crippen LogP contribution in [0.3, 0.4) is 0 Å². The first-order valence-corrected chi connectivity index (χ1v) is 7.17. The molecule has 0 radical (unpaired) electrons. The summed E-state index contributed by atoms with van der Waals surface area (Å²) < 4.78 is 0. The second-order valence-electron chi connectivity index (χ2n) is 5.66. The SMILES string of the molecule is C=C/C(=C\C=C(C)C)C(C)Cc1ccccc1C(=C)C. The molecule has 0 heteroatoms. The summed E-state index contributed by atoms with van der Waals surface area (Å²) in [7, 11) is 0. The quantitative estimate of drug-likeness (QED) is 0.556. The largest absolute Gasteiger partial charge is 0.0988 e. The van der Waals surface area contributed by atoms with Crippen molar-refractivity contribution in [1.29, 1.82) is 0 Å². The van der Waals surface area contributed by atoms with E-state index in [0.717, 1.165) is 12.0 Å². The molecule has 0 saturated carbocycles. The Labute approximate surface area is 124 Å². The van der Waals surface area contributed by atoms with Crippen molar-refractivity contribution in [2.24, 2.45) is 5.92 Å². The lowest BCUT2D eigenvalue weighted by Crippen LogP contribution is -2.04. The van der Waals surface area contributed by atoms with Gasteiger partial charge >= 0.3 is 0 Å². The van der Waals surface area contributed by atoms with E-state index in [2.05, 4.69) is 77.3 Å². The van der Waals surface area contributed by atoms with E-state index in [1.165, 1.54) is 22.3 Å². The Morgan fingerprint density at radius 2 is 1.80 bits per heavy atom. The van der Waals surface area contributed by atoms with Crippen molar-refractivity contribution in [2.45, 2.75) is 34.1 Å². The lowest BCUT2D eigenvalue weighted by atomic mass is 9.89. The summed E-state index contributed by atoms with van der Waals surface area (Å²) in [5, 5.41) is 0. The van der Waals surface area contributed by atoms with Crippen molar-refractivity contribution in [3.05, 3.63) is 77.9 Å². The predicted molar refractivity (Wildman–Crippen MR) is 91.7 cm³/mol. The van der Waals surface area contributed by atoms with Gasteiger partial charge in [-0.25, -0.2) is 0 Å². The van der Waals surface area contributed by atoms with Gasteiger partial charge in [-0.15, -0.1) is 0 Å². The maximum absolute atomic E-state index is 4.07. The van der Waals surface area contributed by atoms with Gasteiger partial charge in [0, 0.05) is 0 Å². The second kappa shape index (κ2) is 7.69. The number of allylic oxidation sites excluding steroid dienone is 6. The Morgan fingerprint density at radius 3 is 2.35 bits per heavy atom. The molecule has 0 fully saturated rings. The van der Waals surface area contributed by atoms with E-state index in [1.54, 1.807) is 0 Å². The van der Waals surface area contributed by atoms with Gasteiger partial charge in [-0.2, -0.15) is 0 Å². The molecule has 0 aromatic heterocycles. The molecule has 0 amide bonds. The van der Waals surface area contributed by atoms with Gasteiger partial charge in [-0.05, 0) is 49.8 Å². The van der Waals surface area contributed by atoms with Crippen LogP contribution < -0.4 is 0 Å². The van der Waals surface area contributed by atoms with Gasteiger partial charge in [-0.3, -0.25) is 0 Å². The average Bonchev–Trinajstić information content (AvgIpc) is 2.39. The maximum atomic E-state index is 4.07. The van der Waals surface area contributed by atoms with Crippen LogP contribution in [0.1, 0.15) is 38.8 Å². The van der Waals surface area contributed by atoms with Crippen molar-refractivity contribution in [2.75, 3.05) is 0 Å². The van der Waals surface area contributed by atoms with Gasteiger partial charge in [0.2, 0.25) is 0 Å². The number of rotatable bonds is 6. The van der Waals surface area contributed by atoms with Gasteiger partial charge in [-0.1, -0.05) is 73.7 Å². The molecule has 106 valence electrons. The van der Waals surface area contributed by atoms with E-state index >= 15 is 0 Å². The normalized spacial score (nSPS) is 12.7. The average molecular weight is 266 g/mol. The van der Waals surface area contributed by atoms with Crippen LogP contribution in [0, 0.1) is 5.92 Å². The monoisotopic (exact) mass is 266 g/mol. The highest BCUT2D eigenvalue weighted by atomic mass is 14.1.